The molecule has 1 unspecified atom stereocenters. The summed E-state index contributed by atoms with van der Waals surface area (Å²) in [6.45, 7) is 2.37. The van der Waals surface area contributed by atoms with E-state index >= 15 is 0 Å². The second-order valence-corrected chi connectivity index (χ2v) is 9.93. The fraction of sp³-hybridized carbons (Fsp3) is 0.192. The summed E-state index contributed by atoms with van der Waals surface area (Å²) in [6.07, 6.45) is 0.774. The van der Waals surface area contributed by atoms with Gasteiger partial charge >= 0.3 is 0 Å². The summed E-state index contributed by atoms with van der Waals surface area (Å²) in [5, 5.41) is 3.94. The van der Waals surface area contributed by atoms with E-state index in [1.54, 1.807) is 41.3 Å². The minimum absolute atomic E-state index is 0.0878. The van der Waals surface area contributed by atoms with Crippen LogP contribution in [0.3, 0.4) is 0 Å². The Hall–Kier alpha value is -2.80. The molecule has 0 aromatic heterocycles. The fourth-order valence-corrected chi connectivity index (χ4v) is 4.90. The molecule has 1 saturated heterocycles. The molecule has 1 N–H and O–H groups in total. The van der Waals surface area contributed by atoms with Crippen molar-refractivity contribution in [2.24, 2.45) is 4.99 Å². The molecule has 1 heterocycles. The van der Waals surface area contributed by atoms with Gasteiger partial charge in [0, 0.05) is 28.7 Å². The second-order valence-electron chi connectivity index (χ2n) is 7.92. The molecule has 3 aromatic rings. The number of carbonyl (C=O) groups excluding carboxylic acids is 2. The minimum Gasteiger partial charge on any atom is -0.325 e. The van der Waals surface area contributed by atoms with Gasteiger partial charge in [0.15, 0.2) is 5.17 Å². The topological polar surface area (TPSA) is 61.8 Å². The number of nitrogens with zero attached hydrogens (tertiary/aromatic N) is 2. The maximum atomic E-state index is 13.1. The highest BCUT2D eigenvalue weighted by Gasteiger charge is 2.35. The molecular weight excluding hydrogens is 489 g/mol. The number of anilines is 1. The van der Waals surface area contributed by atoms with Crippen LogP contribution in [0.5, 0.6) is 0 Å². The van der Waals surface area contributed by atoms with Gasteiger partial charge in [-0.25, -0.2) is 4.99 Å². The molecule has 0 bridgehead atoms. The zero-order valence-corrected chi connectivity index (χ0v) is 20.8. The lowest BCUT2D eigenvalue weighted by Crippen LogP contribution is -2.46. The van der Waals surface area contributed by atoms with E-state index in [2.05, 4.69) is 5.32 Å². The summed E-state index contributed by atoms with van der Waals surface area (Å²) < 4.78 is 0. The van der Waals surface area contributed by atoms with Gasteiger partial charge in [-0.3, -0.25) is 14.5 Å². The first-order valence-corrected chi connectivity index (χ1v) is 12.4. The maximum Gasteiger partial charge on any atom is 0.238 e. The molecule has 174 valence electrons. The van der Waals surface area contributed by atoms with Gasteiger partial charge in [0.1, 0.15) is 5.25 Å². The number of hydrogen-bond donors (Lipinski definition) is 1. The first-order chi connectivity index (χ1) is 16.4. The molecule has 1 aliphatic heterocycles. The van der Waals surface area contributed by atoms with Crippen molar-refractivity contribution in [3.05, 3.63) is 94.0 Å². The van der Waals surface area contributed by atoms with Crippen molar-refractivity contribution in [2.45, 2.75) is 25.0 Å². The molecule has 2 amide bonds. The van der Waals surface area contributed by atoms with Gasteiger partial charge in [0.25, 0.3) is 0 Å². The van der Waals surface area contributed by atoms with E-state index in [0.29, 0.717) is 39.6 Å². The molecule has 8 heteroatoms. The van der Waals surface area contributed by atoms with E-state index in [9.17, 15) is 9.59 Å². The SMILES string of the molecule is Cc1ccc(NC(=O)C2CC(=O)N(CCc3ccccc3)C(=Nc3ccc(Cl)cc3)S2)cc1Cl. The van der Waals surface area contributed by atoms with Crippen molar-refractivity contribution in [1.82, 2.24) is 4.90 Å². The van der Waals surface area contributed by atoms with Gasteiger partial charge in [0.2, 0.25) is 11.8 Å². The summed E-state index contributed by atoms with van der Waals surface area (Å²) in [5.74, 6) is -0.394. The zero-order valence-electron chi connectivity index (χ0n) is 18.5. The van der Waals surface area contributed by atoms with Gasteiger partial charge in [-0.2, -0.15) is 0 Å². The number of benzene rings is 3. The number of hydrogen-bond acceptors (Lipinski definition) is 4. The highest BCUT2D eigenvalue weighted by atomic mass is 35.5. The summed E-state index contributed by atoms with van der Waals surface area (Å²) in [7, 11) is 0. The number of halogens is 2. The molecule has 4 rings (SSSR count). The minimum atomic E-state index is -0.605. The van der Waals surface area contributed by atoms with Gasteiger partial charge < -0.3 is 5.32 Å². The number of carbonyl (C=O) groups is 2. The van der Waals surface area contributed by atoms with Gasteiger partial charge in [0.05, 0.1) is 5.69 Å². The van der Waals surface area contributed by atoms with Crippen LogP contribution in [-0.4, -0.2) is 33.7 Å². The average Bonchev–Trinajstić information content (AvgIpc) is 2.83. The van der Waals surface area contributed by atoms with E-state index in [4.69, 9.17) is 28.2 Å². The number of nitrogens with one attached hydrogen (secondary N) is 1. The number of thioether (sulfide) groups is 1. The first-order valence-electron chi connectivity index (χ1n) is 10.8. The van der Waals surface area contributed by atoms with E-state index in [-0.39, 0.29) is 18.2 Å². The Morgan fingerprint density at radius 1 is 1.09 bits per heavy atom. The average molecular weight is 512 g/mol. The zero-order chi connectivity index (χ0) is 24.1. The van der Waals surface area contributed by atoms with Crippen LogP contribution in [0.25, 0.3) is 0 Å². The summed E-state index contributed by atoms with van der Waals surface area (Å²) in [6, 6.07) is 22.4. The number of aryl methyl sites for hydroxylation is 1. The van der Waals surface area contributed by atoms with E-state index in [1.165, 1.54) is 11.8 Å². The molecule has 1 fully saturated rings. The molecule has 1 atom stereocenters. The highest BCUT2D eigenvalue weighted by molar-refractivity contribution is 8.15. The third kappa shape index (κ3) is 6.20. The first kappa shape index (κ1) is 24.3. The number of amides is 2. The molecule has 5 nitrogen and oxygen atoms in total. The van der Waals surface area contributed by atoms with Crippen molar-refractivity contribution >= 4 is 63.3 Å². The normalized spacial score (nSPS) is 17.1. The number of rotatable bonds is 6. The Labute approximate surface area is 213 Å². The van der Waals surface area contributed by atoms with Crippen LogP contribution in [0.15, 0.2) is 77.8 Å². The van der Waals surface area contributed by atoms with Crippen molar-refractivity contribution in [3.63, 3.8) is 0 Å². The Morgan fingerprint density at radius 3 is 2.53 bits per heavy atom. The highest BCUT2D eigenvalue weighted by Crippen LogP contribution is 2.31. The van der Waals surface area contributed by atoms with Crippen LogP contribution in [0.1, 0.15) is 17.5 Å². The van der Waals surface area contributed by atoms with Crippen LogP contribution in [-0.2, 0) is 16.0 Å². The third-order valence-electron chi connectivity index (χ3n) is 5.39. The molecule has 0 saturated carbocycles. The summed E-state index contributed by atoms with van der Waals surface area (Å²) in [4.78, 5) is 32.5. The molecule has 0 radical (unpaired) electrons. The Bertz CT molecular complexity index is 1220. The lowest BCUT2D eigenvalue weighted by Gasteiger charge is -2.32. The number of amidine groups is 1. The molecular formula is C26H23Cl2N3O2S. The van der Waals surface area contributed by atoms with Crippen LogP contribution < -0.4 is 5.32 Å². The Kier molecular flexibility index (Phi) is 7.93. The largest absolute Gasteiger partial charge is 0.325 e. The maximum absolute atomic E-state index is 13.1. The lowest BCUT2D eigenvalue weighted by molar-refractivity contribution is -0.129. The molecule has 3 aromatic carbocycles. The van der Waals surface area contributed by atoms with Crippen LogP contribution in [0, 0.1) is 6.92 Å². The van der Waals surface area contributed by atoms with Gasteiger partial charge in [-0.15, -0.1) is 0 Å². The Balaban J connectivity index is 1.55. The van der Waals surface area contributed by atoms with Gasteiger partial charge in [-0.1, -0.05) is 71.4 Å². The quantitative estimate of drug-likeness (QED) is 0.410. The summed E-state index contributed by atoms with van der Waals surface area (Å²) >= 11 is 13.5. The van der Waals surface area contributed by atoms with E-state index in [0.717, 1.165) is 11.1 Å². The van der Waals surface area contributed by atoms with Crippen LogP contribution in [0.4, 0.5) is 11.4 Å². The van der Waals surface area contributed by atoms with Crippen molar-refractivity contribution < 1.29 is 9.59 Å². The van der Waals surface area contributed by atoms with Crippen LogP contribution >= 0.6 is 35.0 Å². The third-order valence-corrected chi connectivity index (χ3v) is 7.24. The molecule has 1 aliphatic rings. The molecule has 0 aliphatic carbocycles. The van der Waals surface area contributed by atoms with E-state index in [1.807, 2.05) is 43.3 Å². The molecule has 34 heavy (non-hydrogen) atoms. The molecule has 0 spiro atoms. The smallest absolute Gasteiger partial charge is 0.238 e. The second kappa shape index (κ2) is 11.1. The summed E-state index contributed by atoms with van der Waals surface area (Å²) in [5.41, 5.74) is 3.31. The van der Waals surface area contributed by atoms with Crippen molar-refractivity contribution in [1.29, 1.82) is 0 Å². The van der Waals surface area contributed by atoms with E-state index < -0.39 is 5.25 Å². The Morgan fingerprint density at radius 2 is 1.82 bits per heavy atom. The fourth-order valence-electron chi connectivity index (χ4n) is 3.47. The van der Waals surface area contributed by atoms with Crippen molar-refractivity contribution in [3.8, 4) is 0 Å². The van der Waals surface area contributed by atoms with Crippen LogP contribution in [0.2, 0.25) is 10.0 Å². The van der Waals surface area contributed by atoms with Gasteiger partial charge in [-0.05, 0) is 60.9 Å². The lowest BCUT2D eigenvalue weighted by atomic mass is 10.1. The predicted molar refractivity (Wildman–Crippen MR) is 141 cm³/mol. The predicted octanol–water partition coefficient (Wildman–Crippen LogP) is 6.50. The number of aliphatic imine (C=N–C) groups is 1. The standard InChI is InChI=1S/C26H23Cl2N3O2S/c1-17-7-10-21(15-22(17)28)29-25(33)23-16-24(32)31(14-13-18-5-3-2-4-6-18)26(34-23)30-20-11-8-19(27)9-12-20/h2-12,15,23H,13-14,16H2,1H3,(H,29,33). The van der Waals surface area contributed by atoms with Crippen molar-refractivity contribution in [2.75, 3.05) is 11.9 Å². The monoisotopic (exact) mass is 511 g/mol.